The molecule has 0 aliphatic carbocycles. The fourth-order valence-electron chi connectivity index (χ4n) is 3.67. The van der Waals surface area contributed by atoms with Gasteiger partial charge in [-0.25, -0.2) is 0 Å². The molecule has 3 aliphatic heterocycles. The first-order chi connectivity index (χ1) is 9.79. The summed E-state index contributed by atoms with van der Waals surface area (Å²) in [5, 5.41) is 5.96. The molecule has 5 rings (SSSR count). The number of hydrogen-bond donors (Lipinski definition) is 1. The van der Waals surface area contributed by atoms with Gasteiger partial charge in [-0.2, -0.15) is 0 Å². The van der Waals surface area contributed by atoms with Crippen LogP contribution in [-0.2, 0) is 0 Å². The number of nitrogens with one attached hydrogen (secondary N) is 1. The Hall–Kier alpha value is -0.970. The van der Waals surface area contributed by atoms with Crippen LogP contribution in [0.5, 0.6) is 0 Å². The number of rotatable bonds is 3. The average molecular weight is 287 g/mol. The van der Waals surface area contributed by atoms with Crippen molar-refractivity contribution in [3.05, 3.63) is 29.3 Å². The van der Waals surface area contributed by atoms with Crippen molar-refractivity contribution in [2.75, 3.05) is 19.6 Å². The first-order valence-electron chi connectivity index (χ1n) is 7.61. The second-order valence-corrected chi connectivity index (χ2v) is 7.15. The van der Waals surface area contributed by atoms with E-state index < -0.39 is 0 Å². The summed E-state index contributed by atoms with van der Waals surface area (Å²) in [5.74, 6) is 0.876. The Labute approximate surface area is 124 Å². The normalized spacial score (nSPS) is 30.8. The highest BCUT2D eigenvalue weighted by atomic mass is 32.1. The second-order valence-electron chi connectivity index (χ2n) is 6.21. The third-order valence-corrected chi connectivity index (χ3v) is 5.80. The monoisotopic (exact) mass is 287 g/mol. The SMILES string of the molecule is CC(NC1CN2CCC1CC2)c1cnc2ccsc2c1. The van der Waals surface area contributed by atoms with Crippen molar-refractivity contribution in [2.24, 2.45) is 5.92 Å². The Kier molecular flexibility index (Phi) is 3.25. The van der Waals surface area contributed by atoms with E-state index in [4.69, 9.17) is 0 Å². The summed E-state index contributed by atoms with van der Waals surface area (Å²) in [7, 11) is 0. The molecule has 3 nitrogen and oxygen atoms in total. The van der Waals surface area contributed by atoms with Crippen LogP contribution in [-0.4, -0.2) is 35.6 Å². The molecule has 3 saturated heterocycles. The molecule has 2 aromatic rings. The van der Waals surface area contributed by atoms with Crippen LogP contribution in [0.1, 0.15) is 31.4 Å². The number of nitrogens with zero attached hydrogens (tertiary/aromatic N) is 2. The van der Waals surface area contributed by atoms with Gasteiger partial charge in [0.05, 0.1) is 10.2 Å². The minimum atomic E-state index is 0.388. The number of hydrogen-bond acceptors (Lipinski definition) is 4. The standard InChI is InChI=1S/C16H21N3S/c1-11(13-8-16-14(17-9-13)4-7-20-16)18-15-10-19-5-2-12(15)3-6-19/h4,7-9,11-12,15,18H,2-3,5-6,10H2,1H3. The quantitative estimate of drug-likeness (QED) is 0.940. The summed E-state index contributed by atoms with van der Waals surface area (Å²) in [6, 6.07) is 5.44. The van der Waals surface area contributed by atoms with Gasteiger partial charge in [0.25, 0.3) is 0 Å². The maximum absolute atomic E-state index is 4.56. The molecule has 2 unspecified atom stereocenters. The molecule has 4 heteroatoms. The maximum Gasteiger partial charge on any atom is 0.0809 e. The molecule has 0 radical (unpaired) electrons. The predicted molar refractivity (Wildman–Crippen MR) is 84.1 cm³/mol. The number of thiophene rings is 1. The summed E-state index contributed by atoms with van der Waals surface area (Å²) >= 11 is 1.78. The lowest BCUT2D eigenvalue weighted by Gasteiger charge is -2.46. The molecule has 1 N–H and O–H groups in total. The average Bonchev–Trinajstić information content (AvgIpc) is 2.96. The highest BCUT2D eigenvalue weighted by Gasteiger charge is 2.34. The van der Waals surface area contributed by atoms with Gasteiger partial charge in [-0.3, -0.25) is 4.98 Å². The molecular weight excluding hydrogens is 266 g/mol. The van der Waals surface area contributed by atoms with E-state index in [1.54, 1.807) is 11.3 Å². The Bertz CT molecular complexity index is 601. The Morgan fingerprint density at radius 2 is 2.25 bits per heavy atom. The highest BCUT2D eigenvalue weighted by molar-refractivity contribution is 7.17. The fourth-order valence-corrected chi connectivity index (χ4v) is 4.46. The third-order valence-electron chi connectivity index (χ3n) is 4.94. The predicted octanol–water partition coefficient (Wildman–Crippen LogP) is 3.04. The van der Waals surface area contributed by atoms with Gasteiger partial charge in [0.2, 0.25) is 0 Å². The molecule has 2 aromatic heterocycles. The lowest BCUT2D eigenvalue weighted by atomic mass is 9.83. The van der Waals surface area contributed by atoms with Crippen LogP contribution >= 0.6 is 11.3 Å². The lowest BCUT2D eigenvalue weighted by molar-refractivity contribution is 0.0680. The van der Waals surface area contributed by atoms with Gasteiger partial charge in [-0.05, 0) is 61.8 Å². The highest BCUT2D eigenvalue weighted by Crippen LogP contribution is 2.30. The number of fused-ring (bicyclic) bond motifs is 4. The molecule has 3 fully saturated rings. The van der Waals surface area contributed by atoms with E-state index in [0.717, 1.165) is 11.4 Å². The smallest absolute Gasteiger partial charge is 0.0809 e. The van der Waals surface area contributed by atoms with Crippen molar-refractivity contribution in [3.8, 4) is 0 Å². The third kappa shape index (κ3) is 2.26. The van der Waals surface area contributed by atoms with E-state index in [-0.39, 0.29) is 0 Å². The van der Waals surface area contributed by atoms with E-state index in [1.165, 1.54) is 42.7 Å². The van der Waals surface area contributed by atoms with Crippen molar-refractivity contribution < 1.29 is 0 Å². The van der Waals surface area contributed by atoms with E-state index in [1.807, 2.05) is 6.20 Å². The zero-order valence-corrected chi connectivity index (χ0v) is 12.7. The minimum Gasteiger partial charge on any atom is -0.306 e. The molecule has 20 heavy (non-hydrogen) atoms. The molecule has 2 bridgehead atoms. The molecule has 0 aromatic carbocycles. The van der Waals surface area contributed by atoms with Crippen LogP contribution in [0, 0.1) is 5.92 Å². The van der Waals surface area contributed by atoms with E-state index >= 15 is 0 Å². The Morgan fingerprint density at radius 3 is 3.00 bits per heavy atom. The van der Waals surface area contributed by atoms with Crippen LogP contribution in [0.15, 0.2) is 23.7 Å². The van der Waals surface area contributed by atoms with Crippen LogP contribution in [0.2, 0.25) is 0 Å². The molecule has 0 amide bonds. The molecule has 2 atom stereocenters. The molecule has 5 heterocycles. The minimum absolute atomic E-state index is 0.388. The van der Waals surface area contributed by atoms with Gasteiger partial charge in [0, 0.05) is 24.8 Å². The number of pyridine rings is 1. The summed E-state index contributed by atoms with van der Waals surface area (Å²) in [5.41, 5.74) is 2.44. The van der Waals surface area contributed by atoms with Crippen LogP contribution in [0.4, 0.5) is 0 Å². The molecule has 106 valence electrons. The molecule has 3 aliphatic rings. The summed E-state index contributed by atoms with van der Waals surface area (Å²) in [4.78, 5) is 7.17. The first kappa shape index (κ1) is 12.7. The number of piperidine rings is 3. The van der Waals surface area contributed by atoms with Crippen molar-refractivity contribution in [2.45, 2.75) is 31.8 Å². The van der Waals surface area contributed by atoms with E-state index in [2.05, 4.69) is 39.6 Å². The van der Waals surface area contributed by atoms with Gasteiger partial charge in [0.1, 0.15) is 0 Å². The number of aromatic nitrogens is 1. The summed E-state index contributed by atoms with van der Waals surface area (Å²) < 4.78 is 1.30. The first-order valence-corrected chi connectivity index (χ1v) is 8.49. The Morgan fingerprint density at radius 1 is 1.40 bits per heavy atom. The van der Waals surface area contributed by atoms with Gasteiger partial charge < -0.3 is 10.2 Å². The van der Waals surface area contributed by atoms with Crippen molar-refractivity contribution >= 4 is 21.6 Å². The molecular formula is C16H21N3S. The van der Waals surface area contributed by atoms with Crippen LogP contribution in [0.25, 0.3) is 10.2 Å². The van der Waals surface area contributed by atoms with Gasteiger partial charge in [-0.1, -0.05) is 0 Å². The zero-order chi connectivity index (χ0) is 13.5. The zero-order valence-electron chi connectivity index (χ0n) is 11.9. The fraction of sp³-hybridized carbons (Fsp3) is 0.562. The molecule has 0 spiro atoms. The van der Waals surface area contributed by atoms with Crippen LogP contribution < -0.4 is 5.32 Å². The topological polar surface area (TPSA) is 28.2 Å². The van der Waals surface area contributed by atoms with Crippen molar-refractivity contribution in [1.82, 2.24) is 15.2 Å². The summed E-state index contributed by atoms with van der Waals surface area (Å²) in [6.45, 7) is 6.11. The van der Waals surface area contributed by atoms with Crippen molar-refractivity contribution in [3.63, 3.8) is 0 Å². The van der Waals surface area contributed by atoms with Gasteiger partial charge >= 0.3 is 0 Å². The van der Waals surface area contributed by atoms with Gasteiger partial charge in [-0.15, -0.1) is 11.3 Å². The van der Waals surface area contributed by atoms with Gasteiger partial charge in [0.15, 0.2) is 0 Å². The Balaban J connectivity index is 1.50. The molecule has 0 saturated carbocycles. The van der Waals surface area contributed by atoms with Crippen LogP contribution in [0.3, 0.4) is 0 Å². The largest absolute Gasteiger partial charge is 0.306 e. The van der Waals surface area contributed by atoms with E-state index in [9.17, 15) is 0 Å². The lowest BCUT2D eigenvalue weighted by Crippen LogP contribution is -2.56. The van der Waals surface area contributed by atoms with Crippen molar-refractivity contribution in [1.29, 1.82) is 0 Å². The van der Waals surface area contributed by atoms with E-state index in [0.29, 0.717) is 12.1 Å². The summed E-state index contributed by atoms with van der Waals surface area (Å²) in [6.07, 6.45) is 4.77. The second kappa shape index (κ2) is 5.10. The maximum atomic E-state index is 4.56.